The lowest BCUT2D eigenvalue weighted by Crippen LogP contribution is -1.97. The Morgan fingerprint density at radius 3 is 2.43 bits per heavy atom. The Kier molecular flexibility index (Phi) is 2.51. The molecule has 0 fully saturated rings. The van der Waals surface area contributed by atoms with Gasteiger partial charge in [-0.3, -0.25) is 4.40 Å². The molecule has 4 heteroatoms. The minimum atomic E-state index is 0.801. The van der Waals surface area contributed by atoms with Crippen LogP contribution in [0.15, 0.2) is 48.5 Å². The number of fused-ring (bicyclic) bond motifs is 3. The quantitative estimate of drug-likeness (QED) is 0.533. The summed E-state index contributed by atoms with van der Waals surface area (Å²) in [6.45, 7) is 4.04. The monoisotopic (exact) mass is 274 g/mol. The summed E-state index contributed by atoms with van der Waals surface area (Å²) in [6, 6.07) is 16.4. The third-order valence-corrected chi connectivity index (χ3v) is 3.72. The van der Waals surface area contributed by atoms with Gasteiger partial charge in [0.1, 0.15) is 11.5 Å². The molecule has 2 heterocycles. The van der Waals surface area contributed by atoms with E-state index in [4.69, 9.17) is 4.98 Å². The molecule has 4 aromatic rings. The van der Waals surface area contributed by atoms with Gasteiger partial charge in [-0.2, -0.15) is 0 Å². The first kappa shape index (κ1) is 12.0. The molecule has 0 unspecified atom stereocenters. The number of aromatic nitrogens is 4. The summed E-state index contributed by atoms with van der Waals surface area (Å²) >= 11 is 0. The van der Waals surface area contributed by atoms with Gasteiger partial charge < -0.3 is 0 Å². The van der Waals surface area contributed by atoms with Crippen LogP contribution in [0.25, 0.3) is 27.9 Å². The summed E-state index contributed by atoms with van der Waals surface area (Å²) < 4.78 is 2.07. The first-order valence-electron chi connectivity index (χ1n) is 6.91. The van der Waals surface area contributed by atoms with E-state index in [1.807, 2.05) is 31.2 Å². The first-order chi connectivity index (χ1) is 10.2. The smallest absolute Gasteiger partial charge is 0.187 e. The lowest BCUT2D eigenvalue weighted by Gasteiger charge is -2.08. The van der Waals surface area contributed by atoms with Crippen LogP contribution < -0.4 is 0 Å². The third-order valence-electron chi connectivity index (χ3n) is 3.72. The number of hydrogen-bond acceptors (Lipinski definition) is 3. The molecular weight excluding hydrogens is 260 g/mol. The SMILES string of the molecule is Cc1ccc(-c2nc3ccccc3n3c(C)nnc23)cc1. The molecule has 0 saturated heterocycles. The highest BCUT2D eigenvalue weighted by Crippen LogP contribution is 2.26. The predicted octanol–water partition coefficient (Wildman–Crippen LogP) is 3.56. The second kappa shape index (κ2) is 4.38. The molecule has 0 aliphatic carbocycles. The molecule has 0 amide bonds. The molecule has 4 rings (SSSR count). The summed E-state index contributed by atoms with van der Waals surface area (Å²) in [6.07, 6.45) is 0. The molecule has 0 aliphatic heterocycles. The summed E-state index contributed by atoms with van der Waals surface area (Å²) in [5, 5.41) is 8.54. The zero-order valence-electron chi connectivity index (χ0n) is 11.9. The summed E-state index contributed by atoms with van der Waals surface area (Å²) in [5.74, 6) is 0.872. The molecule has 0 N–H and O–H groups in total. The van der Waals surface area contributed by atoms with Crippen LogP contribution in [0.1, 0.15) is 11.4 Å². The average molecular weight is 274 g/mol. The Balaban J connectivity index is 2.14. The van der Waals surface area contributed by atoms with Gasteiger partial charge in [0.05, 0.1) is 11.0 Å². The van der Waals surface area contributed by atoms with Gasteiger partial charge in [-0.25, -0.2) is 4.98 Å². The van der Waals surface area contributed by atoms with E-state index >= 15 is 0 Å². The molecular formula is C17H14N4. The Morgan fingerprint density at radius 2 is 1.62 bits per heavy atom. The minimum Gasteiger partial charge on any atom is -0.276 e. The van der Waals surface area contributed by atoms with Gasteiger partial charge in [0.2, 0.25) is 0 Å². The zero-order chi connectivity index (χ0) is 14.4. The molecule has 2 aromatic carbocycles. The van der Waals surface area contributed by atoms with Crippen LogP contribution >= 0.6 is 0 Å². The normalized spacial score (nSPS) is 11.3. The van der Waals surface area contributed by atoms with Crippen molar-refractivity contribution in [3.05, 3.63) is 59.9 Å². The van der Waals surface area contributed by atoms with Crippen molar-refractivity contribution in [3.63, 3.8) is 0 Å². The van der Waals surface area contributed by atoms with E-state index in [0.717, 1.165) is 33.8 Å². The maximum absolute atomic E-state index is 4.79. The number of benzene rings is 2. The van der Waals surface area contributed by atoms with E-state index in [9.17, 15) is 0 Å². The number of hydrogen-bond donors (Lipinski definition) is 0. The van der Waals surface area contributed by atoms with E-state index in [0.29, 0.717) is 0 Å². The number of rotatable bonds is 1. The van der Waals surface area contributed by atoms with E-state index in [1.54, 1.807) is 0 Å². The van der Waals surface area contributed by atoms with Gasteiger partial charge in [0.25, 0.3) is 0 Å². The van der Waals surface area contributed by atoms with E-state index < -0.39 is 0 Å². The van der Waals surface area contributed by atoms with E-state index in [1.165, 1.54) is 5.56 Å². The van der Waals surface area contributed by atoms with Crippen LogP contribution in [0, 0.1) is 13.8 Å². The fourth-order valence-electron chi connectivity index (χ4n) is 2.63. The van der Waals surface area contributed by atoms with Crippen molar-refractivity contribution in [2.45, 2.75) is 13.8 Å². The summed E-state index contributed by atoms with van der Waals surface area (Å²) in [4.78, 5) is 4.79. The Labute approximate surface area is 122 Å². The largest absolute Gasteiger partial charge is 0.276 e. The highest BCUT2D eigenvalue weighted by Gasteiger charge is 2.13. The second-order valence-electron chi connectivity index (χ2n) is 5.22. The van der Waals surface area contributed by atoms with Crippen molar-refractivity contribution in [2.24, 2.45) is 0 Å². The number of aryl methyl sites for hydroxylation is 2. The average Bonchev–Trinajstić information content (AvgIpc) is 2.90. The van der Waals surface area contributed by atoms with Crippen LogP contribution in [0.3, 0.4) is 0 Å². The Morgan fingerprint density at radius 1 is 0.857 bits per heavy atom. The molecule has 21 heavy (non-hydrogen) atoms. The van der Waals surface area contributed by atoms with Crippen molar-refractivity contribution in [1.82, 2.24) is 19.6 Å². The standard InChI is InChI=1S/C17H14N4/c1-11-7-9-13(10-8-11)16-17-20-19-12(2)21(17)15-6-4-3-5-14(15)18-16/h3-10H,1-2H3. The van der Waals surface area contributed by atoms with Crippen molar-refractivity contribution in [1.29, 1.82) is 0 Å². The van der Waals surface area contributed by atoms with Gasteiger partial charge in [0, 0.05) is 5.56 Å². The lowest BCUT2D eigenvalue weighted by molar-refractivity contribution is 1.02. The Hall–Kier alpha value is -2.75. The third kappa shape index (κ3) is 1.80. The molecule has 0 aliphatic rings. The number of para-hydroxylation sites is 2. The van der Waals surface area contributed by atoms with Gasteiger partial charge in [-0.05, 0) is 26.0 Å². The maximum Gasteiger partial charge on any atom is 0.187 e. The summed E-state index contributed by atoms with van der Waals surface area (Å²) in [5.41, 5.74) is 5.94. The van der Waals surface area contributed by atoms with Gasteiger partial charge >= 0.3 is 0 Å². The molecule has 2 aromatic heterocycles. The van der Waals surface area contributed by atoms with Crippen LogP contribution in [-0.4, -0.2) is 19.6 Å². The van der Waals surface area contributed by atoms with Gasteiger partial charge in [-0.15, -0.1) is 10.2 Å². The topological polar surface area (TPSA) is 43.1 Å². The molecule has 0 bridgehead atoms. The zero-order valence-corrected chi connectivity index (χ0v) is 11.9. The second-order valence-corrected chi connectivity index (χ2v) is 5.22. The molecule has 0 atom stereocenters. The van der Waals surface area contributed by atoms with Crippen LogP contribution in [-0.2, 0) is 0 Å². The predicted molar refractivity (Wildman–Crippen MR) is 83.2 cm³/mol. The summed E-state index contributed by atoms with van der Waals surface area (Å²) in [7, 11) is 0. The Bertz CT molecular complexity index is 952. The molecule has 0 saturated carbocycles. The van der Waals surface area contributed by atoms with Gasteiger partial charge in [0.15, 0.2) is 5.65 Å². The molecule has 0 spiro atoms. The molecule has 0 radical (unpaired) electrons. The molecule has 4 nitrogen and oxygen atoms in total. The van der Waals surface area contributed by atoms with Crippen molar-refractivity contribution in [2.75, 3.05) is 0 Å². The highest BCUT2D eigenvalue weighted by atomic mass is 15.3. The maximum atomic E-state index is 4.79. The first-order valence-corrected chi connectivity index (χ1v) is 6.91. The van der Waals surface area contributed by atoms with Crippen molar-refractivity contribution >= 4 is 16.7 Å². The van der Waals surface area contributed by atoms with E-state index in [-0.39, 0.29) is 0 Å². The highest BCUT2D eigenvalue weighted by molar-refractivity contribution is 5.85. The van der Waals surface area contributed by atoms with Crippen LogP contribution in [0.2, 0.25) is 0 Å². The molecule has 102 valence electrons. The fraction of sp³-hybridized carbons (Fsp3) is 0.118. The van der Waals surface area contributed by atoms with E-state index in [2.05, 4.69) is 45.8 Å². The van der Waals surface area contributed by atoms with Crippen molar-refractivity contribution in [3.8, 4) is 11.3 Å². The van der Waals surface area contributed by atoms with Crippen molar-refractivity contribution < 1.29 is 0 Å². The fourth-order valence-corrected chi connectivity index (χ4v) is 2.63. The van der Waals surface area contributed by atoms with Crippen LogP contribution in [0.4, 0.5) is 0 Å². The van der Waals surface area contributed by atoms with Crippen LogP contribution in [0.5, 0.6) is 0 Å². The number of nitrogens with zero attached hydrogens (tertiary/aromatic N) is 4. The lowest BCUT2D eigenvalue weighted by atomic mass is 10.1. The minimum absolute atomic E-state index is 0.801. The van der Waals surface area contributed by atoms with Gasteiger partial charge in [-0.1, -0.05) is 42.0 Å².